The van der Waals surface area contributed by atoms with Gasteiger partial charge in [-0.25, -0.2) is 9.80 Å². The molecule has 0 aromatic carbocycles. The Morgan fingerprint density at radius 3 is 2.19 bits per heavy atom. The van der Waals surface area contributed by atoms with E-state index in [1.807, 2.05) is 0 Å². The molecule has 17 unspecified atom stereocenters. The monoisotopic (exact) mass is 858 g/mol. The van der Waals surface area contributed by atoms with E-state index in [0.29, 0.717) is 6.42 Å². The van der Waals surface area contributed by atoms with Gasteiger partial charge in [0.1, 0.15) is 73.2 Å². The minimum Gasteiger partial charge on any atom is -0.394 e. The lowest BCUT2D eigenvalue weighted by atomic mass is 9.94. The number of unbranched alkanes of at least 4 members (excludes halogenated alkanes) is 1. The van der Waals surface area contributed by atoms with Gasteiger partial charge in [0.2, 0.25) is 5.91 Å². The number of aliphatic hydroxyl groups is 10. The molecule has 6 saturated heterocycles. The first-order valence-electron chi connectivity index (χ1n) is 19.6. The summed E-state index contributed by atoms with van der Waals surface area (Å²) in [5.74, 6) is 0.567. The smallest absolute Gasteiger partial charge is 0.315 e. The van der Waals surface area contributed by atoms with Crippen LogP contribution in [-0.4, -0.2) is 235 Å². The maximum Gasteiger partial charge on any atom is 0.315 e. The van der Waals surface area contributed by atoms with Gasteiger partial charge >= 0.3 is 6.03 Å². The first-order chi connectivity index (χ1) is 27.7. The Morgan fingerprint density at radius 1 is 0.776 bits per heavy atom. The average Bonchev–Trinajstić information content (AvgIpc) is 3.76. The predicted molar refractivity (Wildman–Crippen MR) is 193 cm³/mol. The summed E-state index contributed by atoms with van der Waals surface area (Å²) in [5.41, 5.74) is 2.80. The number of fused-ring (bicyclic) bond motifs is 1. The number of thioether (sulfide) groups is 1. The number of rotatable bonds is 16. The number of nitrogens with zero attached hydrogens (tertiary/aromatic N) is 1. The Hall–Kier alpha value is -1.63. The maximum atomic E-state index is 12.9. The van der Waals surface area contributed by atoms with E-state index >= 15 is 0 Å². The zero-order chi connectivity index (χ0) is 41.8. The minimum absolute atomic E-state index is 0.0685. The third kappa shape index (κ3) is 10.5. The van der Waals surface area contributed by atoms with Crippen molar-refractivity contribution in [2.24, 2.45) is 0 Å². The summed E-state index contributed by atoms with van der Waals surface area (Å²) in [6.45, 7) is -0.927. The van der Waals surface area contributed by atoms with Crippen LogP contribution in [-0.2, 0) is 38.0 Å². The van der Waals surface area contributed by atoms with Gasteiger partial charge in [0, 0.05) is 24.0 Å². The van der Waals surface area contributed by atoms with Gasteiger partial charge in [0.05, 0.1) is 57.3 Å². The summed E-state index contributed by atoms with van der Waals surface area (Å²) < 4.78 is 39.9. The SMILES string of the molecule is CC1OC(COC2OC(CO)C(O)C(OC3CN(NC(=O)CCCC[C@@H]4SC[C@@H]5NC(=O)N[C@@H]54)CC(CO)O3)C2O)C(O)C(OC2OC(CO)C(O)C(O)C2O)C1O. The van der Waals surface area contributed by atoms with Gasteiger partial charge in [0.25, 0.3) is 0 Å². The summed E-state index contributed by atoms with van der Waals surface area (Å²) in [7, 11) is 0. The second-order valence-electron chi connectivity index (χ2n) is 15.5. The number of amides is 3. The topological polar surface area (TPSA) is 340 Å². The molecule has 20 atom stereocenters. The van der Waals surface area contributed by atoms with Crippen molar-refractivity contribution < 1.29 is 93.8 Å². The molecule has 0 radical (unpaired) electrons. The molecule has 0 spiro atoms. The average molecular weight is 859 g/mol. The van der Waals surface area contributed by atoms with Gasteiger partial charge in [-0.05, 0) is 19.8 Å². The summed E-state index contributed by atoms with van der Waals surface area (Å²) in [6.07, 6.45) is -22.5. The van der Waals surface area contributed by atoms with E-state index in [4.69, 9.17) is 33.2 Å². The highest BCUT2D eigenvalue weighted by atomic mass is 32.2. The molecule has 6 aliphatic rings. The molecule has 13 N–H and O–H groups in total. The molecule has 24 heteroatoms. The van der Waals surface area contributed by atoms with Crippen LogP contribution in [0.15, 0.2) is 0 Å². The van der Waals surface area contributed by atoms with Crippen molar-refractivity contribution in [2.45, 2.75) is 154 Å². The number of hydrazine groups is 1. The van der Waals surface area contributed by atoms with Crippen LogP contribution in [0, 0.1) is 0 Å². The lowest BCUT2D eigenvalue weighted by Gasteiger charge is -2.47. The fourth-order valence-corrected chi connectivity index (χ4v) is 9.59. The minimum atomic E-state index is -1.82. The van der Waals surface area contributed by atoms with Crippen molar-refractivity contribution in [1.29, 1.82) is 0 Å². The zero-order valence-corrected chi connectivity index (χ0v) is 32.6. The van der Waals surface area contributed by atoms with Crippen molar-refractivity contribution in [3.8, 4) is 0 Å². The largest absolute Gasteiger partial charge is 0.394 e. The van der Waals surface area contributed by atoms with Crippen LogP contribution in [0.2, 0.25) is 0 Å². The number of morpholine rings is 1. The first kappa shape index (κ1) is 45.9. The van der Waals surface area contributed by atoms with Gasteiger partial charge in [-0.15, -0.1) is 0 Å². The van der Waals surface area contributed by atoms with Crippen LogP contribution in [0.5, 0.6) is 0 Å². The number of ether oxygens (including phenoxy) is 7. The van der Waals surface area contributed by atoms with Crippen LogP contribution in [0.4, 0.5) is 4.79 Å². The lowest BCUT2D eigenvalue weighted by molar-refractivity contribution is -0.352. The molecule has 6 aliphatic heterocycles. The molecule has 58 heavy (non-hydrogen) atoms. The Morgan fingerprint density at radius 2 is 1.47 bits per heavy atom. The van der Waals surface area contributed by atoms with E-state index in [1.54, 1.807) is 11.8 Å². The van der Waals surface area contributed by atoms with Crippen molar-refractivity contribution in [2.75, 3.05) is 45.3 Å². The van der Waals surface area contributed by atoms with Gasteiger partial charge in [-0.1, -0.05) is 6.42 Å². The second-order valence-corrected chi connectivity index (χ2v) is 16.7. The van der Waals surface area contributed by atoms with Crippen LogP contribution in [0.25, 0.3) is 0 Å². The molecule has 6 heterocycles. The fraction of sp³-hybridized carbons (Fsp3) is 0.941. The van der Waals surface area contributed by atoms with Crippen molar-refractivity contribution in [3.05, 3.63) is 0 Å². The lowest BCUT2D eigenvalue weighted by Crippen LogP contribution is -2.65. The molecule has 0 bridgehead atoms. The first-order valence-corrected chi connectivity index (χ1v) is 20.6. The normalized spacial score (nSPS) is 46.0. The van der Waals surface area contributed by atoms with E-state index in [-0.39, 0.29) is 48.8 Å². The molecule has 3 amide bonds. The predicted octanol–water partition coefficient (Wildman–Crippen LogP) is -6.70. The highest BCUT2D eigenvalue weighted by Gasteiger charge is 2.52. The molecule has 6 rings (SSSR count). The third-order valence-electron chi connectivity index (χ3n) is 11.3. The summed E-state index contributed by atoms with van der Waals surface area (Å²) in [5, 5.41) is 112. The third-order valence-corrected chi connectivity index (χ3v) is 12.8. The standard InChI is InChI=1S/C34H58N4O19S/c1-13-23(43)30(57-33-28(48)27(47)24(44)16(9-40)55-33)26(46)18(52-13)11-51-32-29(49)31(25(45)17(10-41)54-32)56-21-7-38(6-14(8-39)53-21)37-20(42)5-3-2-4-19-22-15(12-58-19)35-34(50)36-22/h13-19,21-33,39-41,43-49H,2-12H2,1H3,(H,37,42)(H2,35,36,50)/t13?,14?,15-,16?,17?,18?,19-,21?,22-,23?,24?,25?,26?,27?,28?,29?,30?,31?,32?,33?/m0/s1. The van der Waals surface area contributed by atoms with Crippen LogP contribution < -0.4 is 16.1 Å². The number of aliphatic hydroxyl groups excluding tert-OH is 10. The Kier molecular flexibility index (Phi) is 16.2. The van der Waals surface area contributed by atoms with E-state index < -0.39 is 131 Å². The molecule has 0 aliphatic carbocycles. The van der Waals surface area contributed by atoms with Gasteiger partial charge in [0.15, 0.2) is 18.9 Å². The molecular formula is C34H58N4O19S. The molecule has 334 valence electrons. The van der Waals surface area contributed by atoms with E-state index in [1.165, 1.54) is 11.9 Å². The Balaban J connectivity index is 1.01. The van der Waals surface area contributed by atoms with Crippen LogP contribution in [0.3, 0.4) is 0 Å². The molecule has 0 aromatic heterocycles. The summed E-state index contributed by atoms with van der Waals surface area (Å²) in [6, 6.07) is 0.0463. The molecule has 6 fully saturated rings. The van der Waals surface area contributed by atoms with E-state index in [9.17, 15) is 60.7 Å². The van der Waals surface area contributed by atoms with Crippen molar-refractivity contribution in [1.82, 2.24) is 21.1 Å². The quantitative estimate of drug-likeness (QED) is 0.0507. The summed E-state index contributed by atoms with van der Waals surface area (Å²) >= 11 is 1.80. The van der Waals surface area contributed by atoms with Crippen LogP contribution >= 0.6 is 11.8 Å². The van der Waals surface area contributed by atoms with E-state index in [0.717, 1.165) is 18.6 Å². The Labute approximate surface area is 337 Å². The Bertz CT molecular complexity index is 1350. The highest BCUT2D eigenvalue weighted by molar-refractivity contribution is 8.00. The molecule has 0 saturated carbocycles. The number of carbonyl (C=O) groups excluding carboxylic acids is 2. The second kappa shape index (κ2) is 20.5. The number of hydrogen-bond acceptors (Lipinski definition) is 21. The number of hydrogen-bond donors (Lipinski definition) is 13. The van der Waals surface area contributed by atoms with Gasteiger partial charge < -0.3 is 94.9 Å². The highest BCUT2D eigenvalue weighted by Crippen LogP contribution is 2.34. The molecule has 0 aromatic rings. The van der Waals surface area contributed by atoms with Crippen molar-refractivity contribution >= 4 is 23.7 Å². The fourth-order valence-electron chi connectivity index (χ4n) is 8.04. The maximum absolute atomic E-state index is 12.9. The van der Waals surface area contributed by atoms with E-state index in [2.05, 4.69) is 16.1 Å². The molecule has 23 nitrogen and oxygen atoms in total. The summed E-state index contributed by atoms with van der Waals surface area (Å²) in [4.78, 5) is 24.5. The molecular weight excluding hydrogens is 800 g/mol. The number of urea groups is 1. The number of carbonyl (C=O) groups is 2. The van der Waals surface area contributed by atoms with Crippen LogP contribution in [0.1, 0.15) is 32.6 Å². The number of nitrogens with one attached hydrogen (secondary N) is 3. The zero-order valence-electron chi connectivity index (χ0n) is 31.8. The van der Waals surface area contributed by atoms with Crippen molar-refractivity contribution in [3.63, 3.8) is 0 Å². The van der Waals surface area contributed by atoms with Gasteiger partial charge in [-0.3, -0.25) is 10.2 Å². The van der Waals surface area contributed by atoms with Gasteiger partial charge in [-0.2, -0.15) is 11.8 Å².